The molecule has 1 saturated heterocycles. The summed E-state index contributed by atoms with van der Waals surface area (Å²) >= 11 is 0. The van der Waals surface area contributed by atoms with Gasteiger partial charge in [-0.1, -0.05) is 0 Å². The molecule has 6 heteroatoms. The Hall–Kier alpha value is -2.34. The van der Waals surface area contributed by atoms with Gasteiger partial charge in [0, 0.05) is 18.7 Å². The maximum Gasteiger partial charge on any atom is 0.254 e. The van der Waals surface area contributed by atoms with E-state index in [0.29, 0.717) is 17.9 Å². The van der Waals surface area contributed by atoms with Crippen LogP contribution in [0.3, 0.4) is 0 Å². The van der Waals surface area contributed by atoms with E-state index in [1.807, 2.05) is 32.0 Å². The van der Waals surface area contributed by atoms with Crippen LogP contribution >= 0.6 is 0 Å². The number of nitrogens with zero attached hydrogens (tertiary/aromatic N) is 4. The first-order chi connectivity index (χ1) is 11.4. The average molecular weight is 328 g/mol. The Labute approximate surface area is 141 Å². The fourth-order valence-electron chi connectivity index (χ4n) is 2.93. The van der Waals surface area contributed by atoms with Crippen molar-refractivity contribution in [1.82, 2.24) is 19.8 Å². The van der Waals surface area contributed by atoms with Gasteiger partial charge in [0.1, 0.15) is 11.6 Å². The molecule has 1 atom stereocenters. The van der Waals surface area contributed by atoms with E-state index in [2.05, 4.69) is 9.97 Å². The second-order valence-electron chi connectivity index (χ2n) is 6.38. The molecule has 1 aliphatic heterocycles. The highest BCUT2D eigenvalue weighted by atomic mass is 19.1. The first kappa shape index (κ1) is 16.5. The fraction of sp³-hybridized carbons (Fsp3) is 0.389. The van der Waals surface area contributed by atoms with Crippen LogP contribution in [0.1, 0.15) is 40.0 Å². The number of amides is 1. The summed E-state index contributed by atoms with van der Waals surface area (Å²) in [5.41, 5.74) is 2.32. The summed E-state index contributed by atoms with van der Waals surface area (Å²) < 4.78 is 13.0. The average Bonchev–Trinajstić information content (AvgIpc) is 2.45. The molecule has 126 valence electrons. The summed E-state index contributed by atoms with van der Waals surface area (Å²) in [6.07, 6.45) is 0.880. The third-order valence-corrected chi connectivity index (χ3v) is 4.10. The van der Waals surface area contributed by atoms with Crippen molar-refractivity contribution >= 4 is 5.91 Å². The molecule has 0 saturated carbocycles. The zero-order valence-corrected chi connectivity index (χ0v) is 14.2. The topological polar surface area (TPSA) is 49.3 Å². The number of rotatable bonds is 4. The van der Waals surface area contributed by atoms with Crippen LogP contribution in [0, 0.1) is 12.7 Å². The van der Waals surface area contributed by atoms with Gasteiger partial charge >= 0.3 is 0 Å². The van der Waals surface area contributed by atoms with Crippen molar-refractivity contribution in [3.05, 3.63) is 58.9 Å². The Balaban J connectivity index is 1.81. The molecule has 0 N–H and O–H groups in total. The van der Waals surface area contributed by atoms with E-state index in [0.717, 1.165) is 24.4 Å². The monoisotopic (exact) mass is 328 g/mol. The number of aromatic nitrogens is 2. The van der Waals surface area contributed by atoms with Crippen molar-refractivity contribution in [3.8, 4) is 0 Å². The first-order valence-corrected chi connectivity index (χ1v) is 8.00. The number of benzene rings is 1. The van der Waals surface area contributed by atoms with Gasteiger partial charge in [0.05, 0.1) is 17.4 Å². The molecule has 0 spiro atoms. The fourth-order valence-corrected chi connectivity index (χ4v) is 2.93. The SMILES string of the molecule is Cc1nc(CN(C)C)cc(C2CCN2C(=O)c2ccc(F)cc2)n1. The predicted octanol–water partition coefficient (Wildman–Crippen LogP) is 2.57. The minimum atomic E-state index is -0.341. The van der Waals surface area contributed by atoms with Crippen molar-refractivity contribution in [3.63, 3.8) is 0 Å². The highest BCUT2D eigenvalue weighted by Gasteiger charge is 2.35. The van der Waals surface area contributed by atoms with Crippen molar-refractivity contribution in [2.24, 2.45) is 0 Å². The molecule has 0 aliphatic carbocycles. The van der Waals surface area contributed by atoms with Crippen LogP contribution in [0.5, 0.6) is 0 Å². The van der Waals surface area contributed by atoms with Crippen molar-refractivity contribution < 1.29 is 9.18 Å². The molecule has 1 aliphatic rings. The van der Waals surface area contributed by atoms with Crippen LogP contribution in [0.2, 0.25) is 0 Å². The summed E-state index contributed by atoms with van der Waals surface area (Å²) in [4.78, 5) is 25.4. The number of aryl methyl sites for hydroxylation is 1. The quantitative estimate of drug-likeness (QED) is 0.865. The van der Waals surface area contributed by atoms with Gasteiger partial charge in [-0.2, -0.15) is 0 Å². The van der Waals surface area contributed by atoms with Gasteiger partial charge in [-0.05, 0) is 57.8 Å². The van der Waals surface area contributed by atoms with Crippen LogP contribution in [-0.2, 0) is 6.54 Å². The molecule has 5 nitrogen and oxygen atoms in total. The smallest absolute Gasteiger partial charge is 0.254 e. The van der Waals surface area contributed by atoms with Gasteiger partial charge in [0.25, 0.3) is 5.91 Å². The van der Waals surface area contributed by atoms with Gasteiger partial charge in [-0.15, -0.1) is 0 Å². The highest BCUT2D eigenvalue weighted by Crippen LogP contribution is 2.33. The summed E-state index contributed by atoms with van der Waals surface area (Å²) in [5, 5.41) is 0. The Morgan fingerprint density at radius 3 is 2.58 bits per heavy atom. The lowest BCUT2D eigenvalue weighted by Gasteiger charge is -2.40. The maximum atomic E-state index is 13.0. The van der Waals surface area contributed by atoms with Crippen LogP contribution < -0.4 is 0 Å². The highest BCUT2D eigenvalue weighted by molar-refractivity contribution is 5.95. The van der Waals surface area contributed by atoms with Crippen molar-refractivity contribution in [1.29, 1.82) is 0 Å². The van der Waals surface area contributed by atoms with Gasteiger partial charge in [-0.3, -0.25) is 4.79 Å². The molecule has 2 aromatic rings. The Kier molecular flexibility index (Phi) is 4.57. The lowest BCUT2D eigenvalue weighted by molar-refractivity contribution is 0.0450. The van der Waals surface area contributed by atoms with E-state index < -0.39 is 0 Å². The van der Waals surface area contributed by atoms with Gasteiger partial charge < -0.3 is 9.80 Å². The molecule has 1 unspecified atom stereocenters. The summed E-state index contributed by atoms with van der Waals surface area (Å²) in [6, 6.07) is 7.61. The third-order valence-electron chi connectivity index (χ3n) is 4.10. The molecule has 24 heavy (non-hydrogen) atoms. The van der Waals surface area contributed by atoms with E-state index in [1.165, 1.54) is 24.3 Å². The molecule has 1 aromatic heterocycles. The number of hydrogen-bond donors (Lipinski definition) is 0. The number of carbonyl (C=O) groups is 1. The molecule has 0 bridgehead atoms. The third kappa shape index (κ3) is 3.43. The molecule has 2 heterocycles. The molecule has 1 amide bonds. The van der Waals surface area contributed by atoms with Gasteiger partial charge in [-0.25, -0.2) is 14.4 Å². The van der Waals surface area contributed by atoms with Crippen LogP contribution in [0.15, 0.2) is 30.3 Å². The minimum Gasteiger partial charge on any atom is -0.330 e. The van der Waals surface area contributed by atoms with E-state index in [9.17, 15) is 9.18 Å². The lowest BCUT2D eigenvalue weighted by atomic mass is 9.97. The number of hydrogen-bond acceptors (Lipinski definition) is 4. The minimum absolute atomic E-state index is 0.0369. The molecule has 3 rings (SSSR count). The summed E-state index contributed by atoms with van der Waals surface area (Å²) in [6.45, 7) is 3.29. The Morgan fingerprint density at radius 2 is 2.00 bits per heavy atom. The number of carbonyl (C=O) groups excluding carboxylic acids is 1. The standard InChI is InChI=1S/C18H21FN4O/c1-12-20-15(11-22(2)3)10-16(21-12)17-8-9-23(17)18(24)13-4-6-14(19)7-5-13/h4-7,10,17H,8-9,11H2,1-3H3. The zero-order chi connectivity index (χ0) is 17.3. The second kappa shape index (κ2) is 6.65. The van der Waals surface area contributed by atoms with E-state index >= 15 is 0 Å². The van der Waals surface area contributed by atoms with Crippen LogP contribution in [0.25, 0.3) is 0 Å². The maximum absolute atomic E-state index is 13.0. The molecular formula is C18H21FN4O. The van der Waals surface area contributed by atoms with Gasteiger partial charge in [0.2, 0.25) is 0 Å². The molecule has 0 radical (unpaired) electrons. The van der Waals surface area contributed by atoms with Crippen LogP contribution in [-0.4, -0.2) is 46.3 Å². The van der Waals surface area contributed by atoms with Crippen molar-refractivity contribution in [2.75, 3.05) is 20.6 Å². The Morgan fingerprint density at radius 1 is 1.29 bits per heavy atom. The van der Waals surface area contributed by atoms with Crippen molar-refractivity contribution in [2.45, 2.75) is 25.9 Å². The number of halogens is 1. The van der Waals surface area contributed by atoms with E-state index in [1.54, 1.807) is 4.90 Å². The summed E-state index contributed by atoms with van der Waals surface area (Å²) in [5.74, 6) is 0.286. The largest absolute Gasteiger partial charge is 0.330 e. The molecular weight excluding hydrogens is 307 g/mol. The first-order valence-electron chi connectivity index (χ1n) is 8.00. The Bertz CT molecular complexity index is 745. The normalized spacial score (nSPS) is 17.0. The molecule has 1 fully saturated rings. The second-order valence-corrected chi connectivity index (χ2v) is 6.38. The van der Waals surface area contributed by atoms with Crippen LogP contribution in [0.4, 0.5) is 4.39 Å². The summed E-state index contributed by atoms with van der Waals surface area (Å²) in [7, 11) is 3.98. The lowest BCUT2D eigenvalue weighted by Crippen LogP contribution is -2.45. The zero-order valence-electron chi connectivity index (χ0n) is 14.2. The molecule has 1 aromatic carbocycles. The number of likely N-dealkylation sites (tertiary alicyclic amines) is 1. The predicted molar refractivity (Wildman–Crippen MR) is 89.0 cm³/mol. The van der Waals surface area contributed by atoms with E-state index in [4.69, 9.17) is 0 Å². The van der Waals surface area contributed by atoms with E-state index in [-0.39, 0.29) is 17.8 Å². The van der Waals surface area contributed by atoms with Gasteiger partial charge in [0.15, 0.2) is 0 Å².